The van der Waals surface area contributed by atoms with Crippen LogP contribution in [0.3, 0.4) is 0 Å². The lowest BCUT2D eigenvalue weighted by Gasteiger charge is -2.31. The summed E-state index contributed by atoms with van der Waals surface area (Å²) in [5.41, 5.74) is 0. The van der Waals surface area contributed by atoms with Crippen molar-refractivity contribution in [2.75, 3.05) is 0 Å². The Morgan fingerprint density at radius 1 is 1.28 bits per heavy atom. The Morgan fingerprint density at radius 3 is 2.50 bits per heavy atom. The van der Waals surface area contributed by atoms with Gasteiger partial charge in [0, 0.05) is 6.04 Å². The smallest absolute Gasteiger partial charge is 0.326 e. The number of aliphatic carboxylic acids is 1. The highest BCUT2D eigenvalue weighted by molar-refractivity contribution is 5.82. The van der Waals surface area contributed by atoms with E-state index in [-0.39, 0.29) is 12.1 Å². The summed E-state index contributed by atoms with van der Waals surface area (Å²) < 4.78 is 0. The van der Waals surface area contributed by atoms with Crippen molar-refractivity contribution in [2.24, 2.45) is 5.92 Å². The van der Waals surface area contributed by atoms with Gasteiger partial charge >= 0.3 is 12.0 Å². The second-order valence-corrected chi connectivity index (χ2v) is 4.98. The van der Waals surface area contributed by atoms with Gasteiger partial charge < -0.3 is 15.7 Å². The average molecular weight is 256 g/mol. The first-order valence-corrected chi connectivity index (χ1v) is 6.88. The van der Waals surface area contributed by atoms with E-state index in [0.29, 0.717) is 12.3 Å². The highest BCUT2D eigenvalue weighted by Crippen LogP contribution is 2.26. The topological polar surface area (TPSA) is 78.4 Å². The molecule has 0 aromatic rings. The van der Waals surface area contributed by atoms with Crippen LogP contribution in [0.25, 0.3) is 0 Å². The molecular weight excluding hydrogens is 232 g/mol. The number of carbonyl (C=O) groups is 2. The maximum absolute atomic E-state index is 11.8. The van der Waals surface area contributed by atoms with Crippen LogP contribution >= 0.6 is 0 Å². The fraction of sp³-hybridized carbons (Fsp3) is 0.846. The van der Waals surface area contributed by atoms with Gasteiger partial charge in [-0.15, -0.1) is 0 Å². The van der Waals surface area contributed by atoms with E-state index in [2.05, 4.69) is 17.6 Å². The van der Waals surface area contributed by atoms with Crippen LogP contribution in [-0.2, 0) is 4.79 Å². The largest absolute Gasteiger partial charge is 0.480 e. The summed E-state index contributed by atoms with van der Waals surface area (Å²) in [7, 11) is 0. The zero-order valence-corrected chi connectivity index (χ0v) is 11.2. The molecule has 5 heteroatoms. The maximum atomic E-state index is 11.8. The van der Waals surface area contributed by atoms with Gasteiger partial charge in [-0.1, -0.05) is 33.1 Å². The van der Waals surface area contributed by atoms with Gasteiger partial charge in [-0.25, -0.2) is 9.59 Å². The lowest BCUT2D eigenvalue weighted by molar-refractivity contribution is -0.139. The predicted octanol–water partition coefficient (Wildman–Crippen LogP) is 2.12. The quantitative estimate of drug-likeness (QED) is 0.705. The number of carbonyl (C=O) groups excluding carboxylic acids is 1. The first-order chi connectivity index (χ1) is 8.58. The van der Waals surface area contributed by atoms with Crippen molar-refractivity contribution in [3.63, 3.8) is 0 Å². The molecule has 18 heavy (non-hydrogen) atoms. The maximum Gasteiger partial charge on any atom is 0.326 e. The normalized spacial score (nSPS) is 25.2. The molecule has 0 aromatic carbocycles. The van der Waals surface area contributed by atoms with Crippen LogP contribution in [0.1, 0.15) is 52.4 Å². The number of carboxylic acid groups (broad SMARTS) is 1. The molecule has 3 N–H and O–H groups in total. The third kappa shape index (κ3) is 4.20. The van der Waals surface area contributed by atoms with Crippen LogP contribution in [0, 0.1) is 5.92 Å². The highest BCUT2D eigenvalue weighted by Gasteiger charge is 2.26. The molecule has 0 spiro atoms. The molecule has 1 fully saturated rings. The summed E-state index contributed by atoms with van der Waals surface area (Å²) in [6.07, 6.45) is 5.96. The van der Waals surface area contributed by atoms with Crippen molar-refractivity contribution < 1.29 is 14.7 Å². The molecule has 2 amide bonds. The molecule has 0 bridgehead atoms. The van der Waals surface area contributed by atoms with Gasteiger partial charge in [0.05, 0.1) is 0 Å². The molecule has 5 nitrogen and oxygen atoms in total. The monoisotopic (exact) mass is 256 g/mol. The summed E-state index contributed by atoms with van der Waals surface area (Å²) in [5, 5.41) is 14.3. The number of hydrogen-bond acceptors (Lipinski definition) is 2. The number of nitrogens with one attached hydrogen (secondary N) is 2. The van der Waals surface area contributed by atoms with E-state index in [0.717, 1.165) is 25.7 Å². The number of rotatable bonds is 5. The van der Waals surface area contributed by atoms with Gasteiger partial charge in [0.25, 0.3) is 0 Å². The Hall–Kier alpha value is -1.26. The Kier molecular flexibility index (Phi) is 5.95. The fourth-order valence-electron chi connectivity index (χ4n) is 2.59. The van der Waals surface area contributed by atoms with Crippen molar-refractivity contribution in [1.82, 2.24) is 10.6 Å². The van der Waals surface area contributed by atoms with Gasteiger partial charge in [0.1, 0.15) is 6.04 Å². The first-order valence-electron chi connectivity index (χ1n) is 6.88. The van der Waals surface area contributed by atoms with Crippen molar-refractivity contribution in [1.29, 1.82) is 0 Å². The Morgan fingerprint density at radius 2 is 1.94 bits per heavy atom. The van der Waals surface area contributed by atoms with E-state index in [9.17, 15) is 9.59 Å². The molecule has 104 valence electrons. The van der Waals surface area contributed by atoms with Crippen LogP contribution in [0.15, 0.2) is 0 Å². The van der Waals surface area contributed by atoms with Crippen molar-refractivity contribution >= 4 is 12.0 Å². The Bertz CT molecular complexity index is 294. The van der Waals surface area contributed by atoms with E-state index < -0.39 is 12.0 Å². The van der Waals surface area contributed by atoms with Crippen molar-refractivity contribution in [3.05, 3.63) is 0 Å². The zero-order chi connectivity index (χ0) is 13.5. The minimum Gasteiger partial charge on any atom is -0.480 e. The number of amides is 2. The van der Waals surface area contributed by atoms with E-state index in [1.54, 1.807) is 6.92 Å². The van der Waals surface area contributed by atoms with E-state index in [1.807, 2.05) is 0 Å². The van der Waals surface area contributed by atoms with E-state index >= 15 is 0 Å². The summed E-state index contributed by atoms with van der Waals surface area (Å²) in [5.74, 6) is -0.460. The molecule has 0 radical (unpaired) electrons. The van der Waals surface area contributed by atoms with Crippen molar-refractivity contribution in [3.8, 4) is 0 Å². The van der Waals surface area contributed by atoms with Crippen molar-refractivity contribution in [2.45, 2.75) is 64.5 Å². The Balaban J connectivity index is 2.45. The van der Waals surface area contributed by atoms with Gasteiger partial charge in [0.15, 0.2) is 0 Å². The van der Waals surface area contributed by atoms with Gasteiger partial charge in [-0.3, -0.25) is 0 Å². The zero-order valence-electron chi connectivity index (χ0n) is 11.2. The SMILES string of the molecule is CCC1CCCCC1NC(=O)N[C@H](CC)C(=O)O. The summed E-state index contributed by atoms with van der Waals surface area (Å²) >= 11 is 0. The van der Waals surface area contributed by atoms with E-state index in [4.69, 9.17) is 5.11 Å². The summed E-state index contributed by atoms with van der Waals surface area (Å²) in [6.45, 7) is 3.88. The third-order valence-corrected chi connectivity index (χ3v) is 3.76. The molecule has 1 rings (SSSR count). The minimum absolute atomic E-state index is 0.190. The summed E-state index contributed by atoms with van der Waals surface area (Å²) in [6, 6.07) is -0.960. The molecule has 3 atom stereocenters. The number of hydrogen-bond donors (Lipinski definition) is 3. The average Bonchev–Trinajstić information content (AvgIpc) is 2.36. The molecule has 0 saturated heterocycles. The summed E-state index contributed by atoms with van der Waals surface area (Å²) in [4.78, 5) is 22.6. The number of urea groups is 1. The Labute approximate surface area is 108 Å². The molecule has 1 aliphatic carbocycles. The molecule has 2 unspecified atom stereocenters. The van der Waals surface area contributed by atoms with Gasteiger partial charge in [0.2, 0.25) is 0 Å². The van der Waals surface area contributed by atoms with Crippen LogP contribution in [0.4, 0.5) is 4.79 Å². The lowest BCUT2D eigenvalue weighted by Crippen LogP contribution is -2.51. The van der Waals surface area contributed by atoms with Crippen LogP contribution in [0.2, 0.25) is 0 Å². The van der Waals surface area contributed by atoms with E-state index in [1.165, 1.54) is 6.42 Å². The molecule has 0 heterocycles. The second-order valence-electron chi connectivity index (χ2n) is 4.98. The molecule has 0 aliphatic heterocycles. The first kappa shape index (κ1) is 14.8. The predicted molar refractivity (Wildman–Crippen MR) is 69.4 cm³/mol. The number of carboxylic acids is 1. The molecule has 1 aliphatic rings. The standard InChI is InChI=1S/C13H24N2O3/c1-3-9-7-5-6-8-11(9)15-13(18)14-10(4-2)12(16)17/h9-11H,3-8H2,1-2H3,(H,16,17)(H2,14,15,18)/t9?,10-,11?/m1/s1. The van der Waals surface area contributed by atoms with Crippen LogP contribution in [-0.4, -0.2) is 29.2 Å². The molecular formula is C13H24N2O3. The fourth-order valence-corrected chi connectivity index (χ4v) is 2.59. The van der Waals surface area contributed by atoms with Crippen LogP contribution < -0.4 is 10.6 Å². The minimum atomic E-state index is -0.983. The lowest BCUT2D eigenvalue weighted by atomic mass is 9.83. The highest BCUT2D eigenvalue weighted by atomic mass is 16.4. The third-order valence-electron chi connectivity index (χ3n) is 3.76. The molecule has 0 aromatic heterocycles. The van der Waals surface area contributed by atoms with Gasteiger partial charge in [-0.05, 0) is 25.2 Å². The second kappa shape index (κ2) is 7.24. The van der Waals surface area contributed by atoms with Crippen LogP contribution in [0.5, 0.6) is 0 Å². The van der Waals surface area contributed by atoms with Gasteiger partial charge in [-0.2, -0.15) is 0 Å². The molecule has 1 saturated carbocycles.